The number of urea groups is 1. The monoisotopic (exact) mass is 406 g/mol. The predicted molar refractivity (Wildman–Crippen MR) is 113 cm³/mol. The lowest BCUT2D eigenvalue weighted by atomic mass is 10.2. The number of nitrogens with zero attached hydrogens (tertiary/aromatic N) is 3. The zero-order valence-electron chi connectivity index (χ0n) is 17.2. The van der Waals surface area contributed by atoms with Crippen LogP contribution in [0.5, 0.6) is 5.75 Å². The highest BCUT2D eigenvalue weighted by molar-refractivity contribution is 5.74. The van der Waals surface area contributed by atoms with E-state index in [1.807, 2.05) is 68.4 Å². The van der Waals surface area contributed by atoms with E-state index in [2.05, 4.69) is 15.5 Å². The van der Waals surface area contributed by atoms with Gasteiger partial charge >= 0.3 is 6.03 Å². The lowest BCUT2D eigenvalue weighted by molar-refractivity contribution is 0.186. The van der Waals surface area contributed by atoms with Crippen LogP contribution < -0.4 is 10.1 Å². The molecule has 7 nitrogen and oxygen atoms in total. The van der Waals surface area contributed by atoms with Crippen molar-refractivity contribution >= 4 is 6.03 Å². The molecule has 1 aromatic heterocycles. The topological polar surface area (TPSA) is 80.5 Å². The number of hydrogen-bond donors (Lipinski definition) is 1. The fourth-order valence-corrected chi connectivity index (χ4v) is 3.36. The van der Waals surface area contributed by atoms with Gasteiger partial charge in [0.05, 0.1) is 6.54 Å². The van der Waals surface area contributed by atoms with Crippen molar-refractivity contribution < 1.29 is 14.1 Å². The highest BCUT2D eigenvalue weighted by Gasteiger charge is 2.27. The van der Waals surface area contributed by atoms with Gasteiger partial charge in [0.2, 0.25) is 11.7 Å². The summed E-state index contributed by atoms with van der Waals surface area (Å²) in [4.78, 5) is 18.6. The van der Waals surface area contributed by atoms with E-state index in [0.717, 1.165) is 23.3 Å². The average Bonchev–Trinajstić information content (AvgIpc) is 3.44. The van der Waals surface area contributed by atoms with E-state index in [-0.39, 0.29) is 18.1 Å². The van der Waals surface area contributed by atoms with Gasteiger partial charge in [-0.3, -0.25) is 0 Å². The fourth-order valence-electron chi connectivity index (χ4n) is 3.36. The lowest BCUT2D eigenvalue weighted by Gasteiger charge is -2.18. The van der Waals surface area contributed by atoms with Crippen LogP contribution in [0.2, 0.25) is 0 Å². The number of likely N-dealkylation sites (tertiary alicyclic amines) is 1. The maximum absolute atomic E-state index is 12.4. The summed E-state index contributed by atoms with van der Waals surface area (Å²) in [5.41, 5.74) is 1.96. The molecule has 1 unspecified atom stereocenters. The Morgan fingerprint density at radius 3 is 2.67 bits per heavy atom. The van der Waals surface area contributed by atoms with Crippen molar-refractivity contribution in [1.82, 2.24) is 20.4 Å². The molecule has 2 aromatic carbocycles. The molecule has 30 heavy (non-hydrogen) atoms. The van der Waals surface area contributed by atoms with Crippen molar-refractivity contribution in [1.29, 1.82) is 0 Å². The van der Waals surface area contributed by atoms with E-state index in [1.165, 1.54) is 0 Å². The summed E-state index contributed by atoms with van der Waals surface area (Å²) in [7, 11) is 0. The number of ether oxygens (including phenoxy) is 1. The quantitative estimate of drug-likeness (QED) is 0.663. The molecule has 1 atom stereocenters. The second kappa shape index (κ2) is 8.98. The fraction of sp³-hybridized carbons (Fsp3) is 0.348. The molecule has 2 heterocycles. The van der Waals surface area contributed by atoms with E-state index in [4.69, 9.17) is 9.26 Å². The molecule has 4 rings (SSSR count). The Balaban J connectivity index is 1.28. The van der Waals surface area contributed by atoms with E-state index >= 15 is 0 Å². The highest BCUT2D eigenvalue weighted by Crippen LogP contribution is 2.24. The molecule has 0 saturated carbocycles. The first-order valence-corrected chi connectivity index (χ1v) is 10.3. The van der Waals surface area contributed by atoms with Crippen molar-refractivity contribution in [2.24, 2.45) is 0 Å². The number of carbonyl (C=O) groups is 1. The predicted octanol–water partition coefficient (Wildman–Crippen LogP) is 4.22. The molecular weight excluding hydrogens is 380 g/mol. The van der Waals surface area contributed by atoms with Gasteiger partial charge in [-0.05, 0) is 29.8 Å². The van der Waals surface area contributed by atoms with Gasteiger partial charge in [-0.15, -0.1) is 0 Å². The molecule has 1 aliphatic heterocycles. The SMILES string of the molecule is CC(C)c1nc(-c2ccc(OC3CCN(C(=O)NCc4ccccc4)C3)cc2)no1. The standard InChI is InChI=1S/C23H26N4O3/c1-16(2)22-25-21(26-30-22)18-8-10-19(11-9-18)29-20-12-13-27(15-20)23(28)24-14-17-6-4-3-5-7-17/h3-11,16,20H,12-15H2,1-2H3,(H,24,28). The molecule has 3 aromatic rings. The zero-order valence-corrected chi connectivity index (χ0v) is 17.2. The van der Waals surface area contributed by atoms with Gasteiger partial charge in [0, 0.05) is 31.0 Å². The Hall–Kier alpha value is -3.35. The van der Waals surface area contributed by atoms with Crippen molar-refractivity contribution in [3.8, 4) is 17.1 Å². The van der Waals surface area contributed by atoms with Crippen LogP contribution in [0.3, 0.4) is 0 Å². The number of hydrogen-bond acceptors (Lipinski definition) is 5. The molecular formula is C23H26N4O3. The van der Waals surface area contributed by atoms with Crippen molar-refractivity contribution in [2.75, 3.05) is 13.1 Å². The van der Waals surface area contributed by atoms with E-state index in [9.17, 15) is 4.79 Å². The molecule has 1 N–H and O–H groups in total. The summed E-state index contributed by atoms with van der Waals surface area (Å²) >= 11 is 0. The number of benzene rings is 2. The maximum Gasteiger partial charge on any atom is 0.317 e. The third kappa shape index (κ3) is 4.79. The van der Waals surface area contributed by atoms with Crippen LogP contribution in [0.15, 0.2) is 59.1 Å². The third-order valence-corrected chi connectivity index (χ3v) is 5.07. The van der Waals surface area contributed by atoms with Gasteiger partial charge in [0.1, 0.15) is 11.9 Å². The minimum atomic E-state index is -0.0571. The Morgan fingerprint density at radius 1 is 1.20 bits per heavy atom. The molecule has 0 aliphatic carbocycles. The van der Waals surface area contributed by atoms with Crippen LogP contribution in [0.4, 0.5) is 4.79 Å². The summed E-state index contributed by atoms with van der Waals surface area (Å²) in [5, 5.41) is 7.00. The van der Waals surface area contributed by atoms with Crippen molar-refractivity contribution in [3.63, 3.8) is 0 Å². The molecule has 0 spiro atoms. The first-order valence-electron chi connectivity index (χ1n) is 10.3. The van der Waals surface area contributed by atoms with Gasteiger partial charge < -0.3 is 19.5 Å². The minimum Gasteiger partial charge on any atom is -0.489 e. The summed E-state index contributed by atoms with van der Waals surface area (Å²) in [5.74, 6) is 2.17. The van der Waals surface area contributed by atoms with Gasteiger partial charge in [-0.25, -0.2) is 4.79 Å². The molecule has 7 heteroatoms. The Kier molecular flexibility index (Phi) is 5.97. The maximum atomic E-state index is 12.4. The molecule has 1 saturated heterocycles. The molecule has 1 fully saturated rings. The molecule has 1 aliphatic rings. The summed E-state index contributed by atoms with van der Waals surface area (Å²) in [6.45, 7) is 5.81. The normalized spacial score (nSPS) is 16.1. The summed E-state index contributed by atoms with van der Waals surface area (Å²) in [6.07, 6.45) is 0.791. The van der Waals surface area contributed by atoms with Crippen LogP contribution in [-0.2, 0) is 6.54 Å². The first kappa shape index (κ1) is 19.9. The van der Waals surface area contributed by atoms with Crippen LogP contribution >= 0.6 is 0 Å². The highest BCUT2D eigenvalue weighted by atomic mass is 16.5. The Labute approximate surface area is 176 Å². The molecule has 0 bridgehead atoms. The average molecular weight is 406 g/mol. The van der Waals surface area contributed by atoms with Gasteiger partial charge in [-0.2, -0.15) is 4.98 Å². The van der Waals surface area contributed by atoms with Gasteiger partial charge in [0.25, 0.3) is 0 Å². The second-order valence-electron chi connectivity index (χ2n) is 7.75. The number of carbonyl (C=O) groups excluding carboxylic acids is 1. The number of amides is 2. The smallest absolute Gasteiger partial charge is 0.317 e. The summed E-state index contributed by atoms with van der Waals surface area (Å²) < 4.78 is 11.3. The number of nitrogens with one attached hydrogen (secondary N) is 1. The first-order chi connectivity index (χ1) is 14.6. The van der Waals surface area contributed by atoms with E-state index < -0.39 is 0 Å². The minimum absolute atomic E-state index is 0.0176. The van der Waals surface area contributed by atoms with Crippen molar-refractivity contribution in [3.05, 3.63) is 66.1 Å². The van der Waals surface area contributed by atoms with Crippen LogP contribution in [0.1, 0.15) is 37.6 Å². The van der Waals surface area contributed by atoms with Gasteiger partial charge in [-0.1, -0.05) is 49.3 Å². The lowest BCUT2D eigenvalue weighted by Crippen LogP contribution is -2.39. The van der Waals surface area contributed by atoms with Crippen LogP contribution in [0, 0.1) is 0 Å². The third-order valence-electron chi connectivity index (χ3n) is 5.07. The largest absolute Gasteiger partial charge is 0.489 e. The zero-order chi connectivity index (χ0) is 20.9. The number of aromatic nitrogens is 2. The van der Waals surface area contributed by atoms with Gasteiger partial charge in [0.15, 0.2) is 0 Å². The van der Waals surface area contributed by atoms with E-state index in [0.29, 0.717) is 31.3 Å². The Bertz CT molecular complexity index is 970. The summed E-state index contributed by atoms with van der Waals surface area (Å²) in [6, 6.07) is 17.5. The van der Waals surface area contributed by atoms with Crippen LogP contribution in [-0.4, -0.2) is 40.3 Å². The molecule has 0 radical (unpaired) electrons. The van der Waals surface area contributed by atoms with Crippen molar-refractivity contribution in [2.45, 2.75) is 38.8 Å². The Morgan fingerprint density at radius 2 is 1.97 bits per heavy atom. The second-order valence-corrected chi connectivity index (χ2v) is 7.75. The van der Waals surface area contributed by atoms with Crippen LogP contribution in [0.25, 0.3) is 11.4 Å². The molecule has 2 amide bonds. The van der Waals surface area contributed by atoms with E-state index in [1.54, 1.807) is 4.90 Å². The number of rotatable bonds is 6. The molecule has 156 valence electrons.